The molecule has 0 aliphatic carbocycles. The Labute approximate surface area is 166 Å². The number of rotatable bonds is 6. The molecule has 3 heterocycles. The Morgan fingerprint density at radius 3 is 2.40 bits per heavy atom. The lowest BCUT2D eigenvalue weighted by molar-refractivity contribution is -0.137. The molecule has 9 nitrogen and oxygen atoms in total. The molecule has 13 heteroatoms. The fourth-order valence-corrected chi connectivity index (χ4v) is 2.68. The molecule has 4 aromatic rings. The highest BCUT2D eigenvalue weighted by molar-refractivity contribution is 5.51. The fraction of sp³-hybridized carbons (Fsp3) is 0.176. The topological polar surface area (TPSA) is 110 Å². The van der Waals surface area contributed by atoms with E-state index >= 15 is 0 Å². The smallest absolute Gasteiger partial charge is 0.346 e. The molecule has 4 rings (SSSR count). The third-order valence-electron chi connectivity index (χ3n) is 4.16. The lowest BCUT2D eigenvalue weighted by Gasteiger charge is -2.19. The first-order valence-corrected chi connectivity index (χ1v) is 8.56. The first-order chi connectivity index (χ1) is 14.4. The van der Waals surface area contributed by atoms with Crippen LogP contribution in [0.25, 0.3) is 11.4 Å². The normalized spacial score (nSPS) is 12.7. The largest absolute Gasteiger partial charge is 0.419 e. The monoisotopic (exact) mass is 419 g/mol. The molecule has 154 valence electrons. The summed E-state index contributed by atoms with van der Waals surface area (Å²) in [5.41, 5.74) is 0.280. The third kappa shape index (κ3) is 4.39. The van der Waals surface area contributed by atoms with Gasteiger partial charge in [0.2, 0.25) is 11.8 Å². The van der Waals surface area contributed by atoms with Gasteiger partial charge in [0.05, 0.1) is 29.9 Å². The van der Waals surface area contributed by atoms with Crippen LogP contribution in [0.2, 0.25) is 0 Å². The predicted molar refractivity (Wildman–Crippen MR) is 95.2 cm³/mol. The number of nitrogens with one attached hydrogen (secondary N) is 2. The second-order valence-corrected chi connectivity index (χ2v) is 6.23. The quantitative estimate of drug-likeness (QED) is 0.463. The first-order valence-electron chi connectivity index (χ1n) is 8.56. The van der Waals surface area contributed by atoms with Crippen LogP contribution in [0.1, 0.15) is 17.2 Å². The van der Waals surface area contributed by atoms with E-state index in [0.717, 1.165) is 17.1 Å². The van der Waals surface area contributed by atoms with Crippen molar-refractivity contribution in [1.82, 2.24) is 40.4 Å². The number of halogens is 4. The molecule has 3 aromatic heterocycles. The fourth-order valence-electron chi connectivity index (χ4n) is 2.68. The number of H-pyrrole nitrogens is 1. The summed E-state index contributed by atoms with van der Waals surface area (Å²) in [5.74, 6) is 0.0873. The molecular formula is C17H13F4N9. The third-order valence-corrected chi connectivity index (χ3v) is 4.16. The van der Waals surface area contributed by atoms with E-state index in [1.54, 1.807) is 0 Å². The van der Waals surface area contributed by atoms with Gasteiger partial charge in [-0.3, -0.25) is 4.68 Å². The maximum atomic E-state index is 13.3. The Kier molecular flexibility index (Phi) is 5.08. The van der Waals surface area contributed by atoms with Crippen LogP contribution in [0.15, 0.2) is 49.1 Å². The first kappa shape index (κ1) is 19.4. The van der Waals surface area contributed by atoms with Gasteiger partial charge in [0.25, 0.3) is 0 Å². The summed E-state index contributed by atoms with van der Waals surface area (Å²) in [4.78, 5) is 8.35. The van der Waals surface area contributed by atoms with Crippen molar-refractivity contribution in [2.45, 2.75) is 18.8 Å². The zero-order valence-electron chi connectivity index (χ0n) is 15.0. The van der Waals surface area contributed by atoms with E-state index in [1.165, 1.54) is 36.7 Å². The highest BCUT2D eigenvalue weighted by Gasteiger charge is 2.32. The number of aromatic amines is 1. The van der Waals surface area contributed by atoms with Crippen molar-refractivity contribution < 1.29 is 17.6 Å². The van der Waals surface area contributed by atoms with Crippen LogP contribution in [-0.4, -0.2) is 40.4 Å². The minimum absolute atomic E-state index is 0.0255. The van der Waals surface area contributed by atoms with Crippen LogP contribution in [0.4, 0.5) is 23.5 Å². The van der Waals surface area contributed by atoms with E-state index in [0.29, 0.717) is 17.0 Å². The van der Waals surface area contributed by atoms with E-state index in [2.05, 4.69) is 41.0 Å². The molecule has 0 aliphatic rings. The molecule has 0 spiro atoms. The van der Waals surface area contributed by atoms with Crippen molar-refractivity contribution >= 4 is 5.95 Å². The molecule has 0 saturated carbocycles. The van der Waals surface area contributed by atoms with Crippen LogP contribution < -0.4 is 5.32 Å². The van der Waals surface area contributed by atoms with Crippen LogP contribution in [0, 0.1) is 5.82 Å². The average Bonchev–Trinajstić information content (AvgIpc) is 3.41. The number of hydrogen-bond acceptors (Lipinski definition) is 7. The molecule has 0 bridgehead atoms. The molecule has 1 atom stereocenters. The highest BCUT2D eigenvalue weighted by atomic mass is 19.4. The number of aromatic nitrogens is 8. The number of alkyl halides is 3. The average molecular weight is 419 g/mol. The van der Waals surface area contributed by atoms with E-state index in [9.17, 15) is 17.6 Å². The van der Waals surface area contributed by atoms with Crippen LogP contribution in [0.3, 0.4) is 0 Å². The van der Waals surface area contributed by atoms with E-state index in [4.69, 9.17) is 0 Å². The van der Waals surface area contributed by atoms with Crippen LogP contribution in [0.5, 0.6) is 0 Å². The standard InChI is InChI=1S/C17H13F4N9/c18-13-3-1-10(2-4-13)14(9-30-8-12(7-24-30)17(19,20)21)25-16-22-5-11(6-23-16)15-26-28-29-27-15/h1-8,14H,9H2,(H,22,23,25)(H,26,27,28,29). The van der Waals surface area contributed by atoms with E-state index in [1.807, 2.05) is 0 Å². The van der Waals surface area contributed by atoms with E-state index in [-0.39, 0.29) is 12.5 Å². The van der Waals surface area contributed by atoms with Gasteiger partial charge in [0.15, 0.2) is 0 Å². The Morgan fingerprint density at radius 2 is 1.80 bits per heavy atom. The molecule has 0 aliphatic heterocycles. The summed E-state index contributed by atoms with van der Waals surface area (Å²) in [6.07, 6.45) is 0.0939. The molecule has 0 fully saturated rings. The van der Waals surface area contributed by atoms with Crippen molar-refractivity contribution in [1.29, 1.82) is 0 Å². The molecule has 0 amide bonds. The van der Waals surface area contributed by atoms with Gasteiger partial charge in [0.1, 0.15) is 5.82 Å². The summed E-state index contributed by atoms with van der Waals surface area (Å²) >= 11 is 0. The van der Waals surface area contributed by atoms with Crippen LogP contribution in [-0.2, 0) is 12.7 Å². The summed E-state index contributed by atoms with van der Waals surface area (Å²) in [6, 6.07) is 4.98. The van der Waals surface area contributed by atoms with Crippen molar-refractivity contribution in [3.8, 4) is 11.4 Å². The summed E-state index contributed by atoms with van der Waals surface area (Å²) < 4.78 is 53.0. The minimum Gasteiger partial charge on any atom is -0.346 e. The van der Waals surface area contributed by atoms with Gasteiger partial charge in [-0.1, -0.05) is 12.1 Å². The second kappa shape index (κ2) is 7.85. The Bertz CT molecular complexity index is 1090. The number of tetrazole rings is 1. The van der Waals surface area contributed by atoms with Crippen molar-refractivity contribution in [2.24, 2.45) is 0 Å². The lowest BCUT2D eigenvalue weighted by Crippen LogP contribution is -2.19. The summed E-state index contributed by atoms with van der Waals surface area (Å²) in [7, 11) is 0. The predicted octanol–water partition coefficient (Wildman–Crippen LogP) is 2.86. The molecule has 0 radical (unpaired) electrons. The molecule has 0 saturated heterocycles. The van der Waals surface area contributed by atoms with Gasteiger partial charge in [-0.25, -0.2) is 14.4 Å². The Balaban J connectivity index is 1.57. The molecule has 1 aromatic carbocycles. The minimum atomic E-state index is -4.49. The second-order valence-electron chi connectivity index (χ2n) is 6.23. The lowest BCUT2D eigenvalue weighted by atomic mass is 10.1. The maximum absolute atomic E-state index is 13.3. The Hall–Kier alpha value is -3.90. The molecule has 30 heavy (non-hydrogen) atoms. The highest BCUT2D eigenvalue weighted by Crippen LogP contribution is 2.29. The van der Waals surface area contributed by atoms with Crippen LogP contribution >= 0.6 is 0 Å². The van der Waals surface area contributed by atoms with Gasteiger partial charge >= 0.3 is 6.18 Å². The summed E-state index contributed by atoms with van der Waals surface area (Å²) in [6.45, 7) is 0.0255. The maximum Gasteiger partial charge on any atom is 0.419 e. The molecule has 2 N–H and O–H groups in total. The molecule has 1 unspecified atom stereocenters. The van der Waals surface area contributed by atoms with E-state index < -0.39 is 23.6 Å². The number of anilines is 1. The Morgan fingerprint density at radius 1 is 1.07 bits per heavy atom. The number of nitrogens with zero attached hydrogens (tertiary/aromatic N) is 7. The SMILES string of the molecule is Fc1ccc(C(Cn2cc(C(F)(F)F)cn2)Nc2ncc(-c3nn[nH]n3)cn2)cc1. The van der Waals surface area contributed by atoms with Crippen molar-refractivity contribution in [2.75, 3.05) is 5.32 Å². The van der Waals surface area contributed by atoms with Gasteiger partial charge in [-0.15, -0.1) is 10.2 Å². The van der Waals surface area contributed by atoms with Gasteiger partial charge in [0, 0.05) is 18.6 Å². The summed E-state index contributed by atoms with van der Waals surface area (Å²) in [5, 5.41) is 20.2. The number of benzene rings is 1. The van der Waals surface area contributed by atoms with Gasteiger partial charge in [-0.2, -0.15) is 23.5 Å². The van der Waals surface area contributed by atoms with Gasteiger partial charge < -0.3 is 5.32 Å². The zero-order chi connectivity index (χ0) is 21.1. The van der Waals surface area contributed by atoms with Crippen molar-refractivity contribution in [3.05, 3.63) is 66.0 Å². The van der Waals surface area contributed by atoms with Gasteiger partial charge in [-0.05, 0) is 22.9 Å². The van der Waals surface area contributed by atoms with Crippen molar-refractivity contribution in [3.63, 3.8) is 0 Å². The molecular weight excluding hydrogens is 406 g/mol. The zero-order valence-corrected chi connectivity index (χ0v) is 15.0. The number of hydrogen-bond donors (Lipinski definition) is 2.